The van der Waals surface area contributed by atoms with E-state index in [1.807, 2.05) is 12.1 Å². The number of phenolic OH excluding ortho intramolecular Hbond substituents is 1. The fourth-order valence-electron chi connectivity index (χ4n) is 6.20. The van der Waals surface area contributed by atoms with Gasteiger partial charge in [-0.3, -0.25) is 0 Å². The minimum atomic E-state index is -0.0314. The van der Waals surface area contributed by atoms with Crippen LogP contribution in [0.1, 0.15) is 65.4 Å². The summed E-state index contributed by atoms with van der Waals surface area (Å²) >= 11 is 0. The Morgan fingerprint density at radius 2 is 1.91 bits per heavy atom. The molecule has 3 aliphatic rings. The van der Waals surface area contributed by atoms with E-state index in [2.05, 4.69) is 27.7 Å². The molecule has 1 N–H and O–H groups in total. The van der Waals surface area contributed by atoms with Crippen LogP contribution in [0, 0.1) is 22.7 Å². The third-order valence-electron chi connectivity index (χ3n) is 7.71. The topological polar surface area (TPSA) is 29.5 Å². The number of ether oxygens (including phenoxy) is 1. The van der Waals surface area contributed by atoms with Crippen molar-refractivity contribution in [3.05, 3.63) is 23.8 Å². The lowest BCUT2D eigenvalue weighted by Crippen LogP contribution is -2.68. The van der Waals surface area contributed by atoms with Gasteiger partial charge >= 0.3 is 0 Å². The van der Waals surface area contributed by atoms with E-state index >= 15 is 0 Å². The summed E-state index contributed by atoms with van der Waals surface area (Å²) in [4.78, 5) is 0. The average Bonchev–Trinajstić information content (AvgIpc) is 2.46. The van der Waals surface area contributed by atoms with Crippen LogP contribution in [-0.2, 0) is 6.42 Å². The summed E-state index contributed by atoms with van der Waals surface area (Å²) in [7, 11) is 0. The van der Waals surface area contributed by atoms with Crippen LogP contribution in [0.5, 0.6) is 11.5 Å². The van der Waals surface area contributed by atoms with Gasteiger partial charge in [-0.25, -0.2) is 0 Å². The molecule has 1 heterocycles. The van der Waals surface area contributed by atoms with Crippen LogP contribution in [0.2, 0.25) is 0 Å². The molecule has 0 unspecified atom stereocenters. The van der Waals surface area contributed by atoms with Crippen molar-refractivity contribution in [3.63, 3.8) is 0 Å². The molecule has 2 nitrogen and oxygen atoms in total. The molecule has 126 valence electrons. The number of hydrogen-bond donors (Lipinski definition) is 1. The monoisotopic (exact) mass is 314 g/mol. The quantitative estimate of drug-likeness (QED) is 0.701. The van der Waals surface area contributed by atoms with Crippen molar-refractivity contribution >= 4 is 0 Å². The SMILES string of the molecule is C[C@H]1CC[C@@H]2C(C)(C)CCC[C@]23Oc2ccc(O)cc2C[C@]13C. The van der Waals surface area contributed by atoms with Gasteiger partial charge in [0.15, 0.2) is 0 Å². The molecule has 2 heteroatoms. The lowest BCUT2D eigenvalue weighted by Gasteiger charge is -2.66. The van der Waals surface area contributed by atoms with Crippen molar-refractivity contribution < 1.29 is 9.84 Å². The number of phenols is 1. The summed E-state index contributed by atoms with van der Waals surface area (Å²) in [6.45, 7) is 9.77. The Morgan fingerprint density at radius 3 is 2.70 bits per heavy atom. The highest BCUT2D eigenvalue weighted by molar-refractivity contribution is 5.44. The van der Waals surface area contributed by atoms with Gasteiger partial charge in [0.05, 0.1) is 0 Å². The maximum atomic E-state index is 9.89. The van der Waals surface area contributed by atoms with Gasteiger partial charge in [-0.15, -0.1) is 0 Å². The second-order valence-electron chi connectivity index (χ2n) is 9.25. The van der Waals surface area contributed by atoms with Gasteiger partial charge < -0.3 is 9.84 Å². The Bertz CT molecular complexity index is 635. The summed E-state index contributed by atoms with van der Waals surface area (Å²) in [6.07, 6.45) is 7.38. The summed E-state index contributed by atoms with van der Waals surface area (Å²) in [5.74, 6) is 2.66. The van der Waals surface area contributed by atoms with Crippen molar-refractivity contribution in [3.8, 4) is 11.5 Å². The number of rotatable bonds is 0. The zero-order valence-electron chi connectivity index (χ0n) is 15.0. The number of hydrogen-bond acceptors (Lipinski definition) is 2. The highest BCUT2D eigenvalue weighted by Crippen LogP contribution is 2.65. The molecule has 1 spiro atoms. The van der Waals surface area contributed by atoms with Gasteiger partial charge in [0, 0.05) is 11.3 Å². The molecule has 0 saturated heterocycles. The van der Waals surface area contributed by atoms with Crippen molar-refractivity contribution in [2.45, 2.75) is 71.8 Å². The smallest absolute Gasteiger partial charge is 0.123 e. The molecule has 0 aromatic heterocycles. The van der Waals surface area contributed by atoms with Crippen LogP contribution >= 0.6 is 0 Å². The lowest BCUT2D eigenvalue weighted by molar-refractivity contribution is -0.210. The maximum Gasteiger partial charge on any atom is 0.123 e. The molecule has 23 heavy (non-hydrogen) atoms. The largest absolute Gasteiger partial charge is 0.508 e. The van der Waals surface area contributed by atoms with Crippen LogP contribution in [0.25, 0.3) is 0 Å². The normalized spacial score (nSPS) is 41.2. The minimum Gasteiger partial charge on any atom is -0.508 e. The number of fused-ring (bicyclic) bond motifs is 1. The zero-order valence-corrected chi connectivity index (χ0v) is 15.0. The lowest BCUT2D eigenvalue weighted by atomic mass is 9.44. The number of aromatic hydroxyl groups is 1. The molecule has 1 aromatic carbocycles. The van der Waals surface area contributed by atoms with Crippen LogP contribution < -0.4 is 4.74 Å². The van der Waals surface area contributed by atoms with Crippen molar-refractivity contribution in [1.82, 2.24) is 0 Å². The molecule has 1 aliphatic heterocycles. The van der Waals surface area contributed by atoms with Crippen LogP contribution in [0.15, 0.2) is 18.2 Å². The predicted molar refractivity (Wildman–Crippen MR) is 92.8 cm³/mol. The zero-order chi connectivity index (χ0) is 16.5. The Morgan fingerprint density at radius 1 is 1.13 bits per heavy atom. The fraction of sp³-hybridized carbons (Fsp3) is 0.714. The van der Waals surface area contributed by atoms with Gasteiger partial charge in [-0.05, 0) is 73.6 Å². The van der Waals surface area contributed by atoms with Crippen LogP contribution in [0.3, 0.4) is 0 Å². The maximum absolute atomic E-state index is 9.89. The molecule has 0 amide bonds. The first kappa shape index (κ1) is 15.4. The Kier molecular flexibility index (Phi) is 3.12. The van der Waals surface area contributed by atoms with E-state index in [1.165, 1.54) is 37.7 Å². The standard InChI is InChI=1S/C21H30O2/c1-14-6-9-18-19(2,3)10-5-11-21(18)20(14,4)13-15-12-16(22)7-8-17(15)23-21/h7-8,12,14,18,22H,5-6,9-11,13H2,1-4H3/t14-,18+,20+,21-/m0/s1. The van der Waals surface area contributed by atoms with Gasteiger partial charge in [-0.2, -0.15) is 0 Å². The second-order valence-corrected chi connectivity index (χ2v) is 9.25. The molecule has 0 bridgehead atoms. The second kappa shape index (κ2) is 4.68. The molecule has 0 radical (unpaired) electrons. The van der Waals surface area contributed by atoms with E-state index in [4.69, 9.17) is 4.74 Å². The molecular formula is C21H30O2. The predicted octanol–water partition coefficient (Wildman–Crippen LogP) is 5.33. The van der Waals surface area contributed by atoms with E-state index < -0.39 is 0 Å². The first-order valence-electron chi connectivity index (χ1n) is 9.29. The fourth-order valence-corrected chi connectivity index (χ4v) is 6.20. The third-order valence-corrected chi connectivity index (χ3v) is 7.71. The van der Waals surface area contributed by atoms with Gasteiger partial charge in [0.2, 0.25) is 0 Å². The van der Waals surface area contributed by atoms with Crippen LogP contribution in [0.4, 0.5) is 0 Å². The van der Waals surface area contributed by atoms with Gasteiger partial charge in [-0.1, -0.05) is 27.7 Å². The third kappa shape index (κ3) is 1.93. The van der Waals surface area contributed by atoms with Crippen LogP contribution in [-0.4, -0.2) is 10.7 Å². The minimum absolute atomic E-state index is 0.0314. The molecule has 1 aromatic rings. The Hall–Kier alpha value is -1.18. The van der Waals surface area contributed by atoms with Crippen molar-refractivity contribution in [1.29, 1.82) is 0 Å². The molecule has 2 fully saturated rings. The first-order chi connectivity index (χ1) is 10.8. The molecule has 2 aliphatic carbocycles. The summed E-state index contributed by atoms with van der Waals surface area (Å²) in [5, 5.41) is 9.89. The highest BCUT2D eigenvalue weighted by atomic mass is 16.5. The van der Waals surface area contributed by atoms with Crippen molar-refractivity contribution in [2.24, 2.45) is 22.7 Å². The summed E-state index contributed by atoms with van der Waals surface area (Å²) in [6, 6.07) is 5.67. The van der Waals surface area contributed by atoms with E-state index in [0.717, 1.165) is 12.2 Å². The highest BCUT2D eigenvalue weighted by Gasteiger charge is 2.65. The van der Waals surface area contributed by atoms with Gasteiger partial charge in [0.1, 0.15) is 17.1 Å². The van der Waals surface area contributed by atoms with Crippen molar-refractivity contribution in [2.75, 3.05) is 0 Å². The van der Waals surface area contributed by atoms with E-state index in [1.54, 1.807) is 6.07 Å². The molecule has 4 atom stereocenters. The van der Waals surface area contributed by atoms with E-state index in [0.29, 0.717) is 23.0 Å². The van der Waals surface area contributed by atoms with Gasteiger partial charge in [0.25, 0.3) is 0 Å². The van der Waals surface area contributed by atoms with E-state index in [9.17, 15) is 5.11 Å². The Balaban J connectivity index is 1.88. The molecule has 4 rings (SSSR count). The molecular weight excluding hydrogens is 284 g/mol. The average molecular weight is 314 g/mol. The van der Waals surface area contributed by atoms with E-state index in [-0.39, 0.29) is 11.0 Å². The Labute approximate surface area is 140 Å². The first-order valence-corrected chi connectivity index (χ1v) is 9.29. The molecule has 2 saturated carbocycles. The number of benzene rings is 1. The summed E-state index contributed by atoms with van der Waals surface area (Å²) < 4.78 is 6.88. The summed E-state index contributed by atoms with van der Waals surface area (Å²) in [5.41, 5.74) is 1.67.